The summed E-state index contributed by atoms with van der Waals surface area (Å²) in [4.78, 5) is 17.7. The lowest BCUT2D eigenvalue weighted by Crippen LogP contribution is -2.37. The smallest absolute Gasteiger partial charge is 0.253 e. The number of guanidine groups is 1. The molecular weight excluding hydrogens is 427 g/mol. The maximum atomic E-state index is 11.9. The minimum absolute atomic E-state index is 0. The number of aliphatic imine (C=N–C) groups is 1. The van der Waals surface area contributed by atoms with Gasteiger partial charge >= 0.3 is 0 Å². The van der Waals surface area contributed by atoms with Gasteiger partial charge in [0, 0.05) is 39.8 Å². The molecule has 0 bridgehead atoms. The number of amides is 1. The fourth-order valence-electron chi connectivity index (χ4n) is 2.31. The fourth-order valence-corrected chi connectivity index (χ4v) is 2.31. The number of halogens is 1. The highest BCUT2D eigenvalue weighted by molar-refractivity contribution is 14.0. The van der Waals surface area contributed by atoms with E-state index in [9.17, 15) is 4.79 Å². The van der Waals surface area contributed by atoms with Crippen molar-refractivity contribution in [3.63, 3.8) is 0 Å². The van der Waals surface area contributed by atoms with Crippen LogP contribution in [0.1, 0.15) is 49.0 Å². The predicted molar refractivity (Wildman–Crippen MR) is 117 cm³/mol. The molecule has 0 heterocycles. The van der Waals surface area contributed by atoms with Crippen molar-refractivity contribution >= 4 is 35.8 Å². The van der Waals surface area contributed by atoms with Crippen molar-refractivity contribution in [2.45, 2.75) is 39.7 Å². The maximum Gasteiger partial charge on any atom is 0.253 e. The molecule has 142 valence electrons. The van der Waals surface area contributed by atoms with Crippen LogP contribution >= 0.6 is 24.0 Å². The second-order valence-electron chi connectivity index (χ2n) is 6.64. The zero-order chi connectivity index (χ0) is 17.9. The molecule has 1 aromatic rings. The second kappa shape index (κ2) is 13.0. The van der Waals surface area contributed by atoms with Crippen molar-refractivity contribution in [3.8, 4) is 0 Å². The SMILES string of the molecule is CN=C(NCCCCC(C)C)NCc1ccc(C(=O)N(C)C)cc1.I. The van der Waals surface area contributed by atoms with Gasteiger partial charge in [-0.3, -0.25) is 9.79 Å². The third-order valence-electron chi connectivity index (χ3n) is 3.79. The Morgan fingerprint density at radius 1 is 1.12 bits per heavy atom. The molecule has 2 N–H and O–H groups in total. The summed E-state index contributed by atoms with van der Waals surface area (Å²) in [6, 6.07) is 7.67. The van der Waals surface area contributed by atoms with E-state index in [0.29, 0.717) is 12.1 Å². The minimum atomic E-state index is 0. The molecular formula is C19H33IN4O. The number of unbranched alkanes of at least 4 members (excludes halogenated alkanes) is 1. The van der Waals surface area contributed by atoms with E-state index in [0.717, 1.165) is 30.4 Å². The Labute approximate surface area is 169 Å². The first kappa shape index (κ1) is 23.7. The monoisotopic (exact) mass is 460 g/mol. The highest BCUT2D eigenvalue weighted by atomic mass is 127. The van der Waals surface area contributed by atoms with E-state index in [1.807, 2.05) is 24.3 Å². The van der Waals surface area contributed by atoms with E-state index < -0.39 is 0 Å². The number of hydrogen-bond donors (Lipinski definition) is 2. The van der Waals surface area contributed by atoms with Crippen molar-refractivity contribution in [2.75, 3.05) is 27.7 Å². The van der Waals surface area contributed by atoms with Crippen molar-refractivity contribution in [1.29, 1.82) is 0 Å². The number of carbonyl (C=O) groups is 1. The van der Waals surface area contributed by atoms with Crippen LogP contribution in [0.3, 0.4) is 0 Å². The average Bonchev–Trinajstić information content (AvgIpc) is 2.56. The lowest BCUT2D eigenvalue weighted by Gasteiger charge is -2.13. The van der Waals surface area contributed by atoms with Crippen LogP contribution in [0.4, 0.5) is 0 Å². The lowest BCUT2D eigenvalue weighted by atomic mass is 10.1. The Hall–Kier alpha value is -1.31. The van der Waals surface area contributed by atoms with Gasteiger partial charge in [0.1, 0.15) is 0 Å². The number of rotatable bonds is 8. The first-order valence-electron chi connectivity index (χ1n) is 8.69. The highest BCUT2D eigenvalue weighted by Crippen LogP contribution is 2.07. The van der Waals surface area contributed by atoms with Gasteiger partial charge < -0.3 is 15.5 Å². The number of nitrogens with zero attached hydrogens (tertiary/aromatic N) is 2. The topological polar surface area (TPSA) is 56.7 Å². The Balaban J connectivity index is 0.00000576. The van der Waals surface area contributed by atoms with Crippen molar-refractivity contribution in [1.82, 2.24) is 15.5 Å². The Bertz CT molecular complexity index is 527. The zero-order valence-corrected chi connectivity index (χ0v) is 18.5. The van der Waals surface area contributed by atoms with Crippen LogP contribution in [0, 0.1) is 5.92 Å². The summed E-state index contributed by atoms with van der Waals surface area (Å²) >= 11 is 0. The van der Waals surface area contributed by atoms with E-state index in [1.165, 1.54) is 12.8 Å². The molecule has 0 aliphatic rings. The van der Waals surface area contributed by atoms with Crippen LogP contribution in [0.2, 0.25) is 0 Å². The van der Waals surface area contributed by atoms with Crippen LogP contribution in [0.5, 0.6) is 0 Å². The van der Waals surface area contributed by atoms with Gasteiger partial charge in [-0.05, 0) is 30.0 Å². The summed E-state index contributed by atoms with van der Waals surface area (Å²) in [7, 11) is 5.30. The molecule has 0 unspecified atom stereocenters. The summed E-state index contributed by atoms with van der Waals surface area (Å²) in [6.45, 7) is 6.13. The quantitative estimate of drug-likeness (QED) is 0.270. The van der Waals surface area contributed by atoms with Gasteiger partial charge in [-0.15, -0.1) is 24.0 Å². The fraction of sp³-hybridized carbons (Fsp3) is 0.579. The third kappa shape index (κ3) is 9.67. The molecule has 25 heavy (non-hydrogen) atoms. The molecule has 1 rings (SSSR count). The Kier molecular flexibility index (Phi) is 12.3. The lowest BCUT2D eigenvalue weighted by molar-refractivity contribution is 0.0827. The summed E-state index contributed by atoms with van der Waals surface area (Å²) in [5.41, 5.74) is 1.82. The number of benzene rings is 1. The Morgan fingerprint density at radius 2 is 1.76 bits per heavy atom. The molecule has 0 aromatic heterocycles. The molecule has 0 saturated carbocycles. The molecule has 5 nitrogen and oxygen atoms in total. The zero-order valence-electron chi connectivity index (χ0n) is 16.1. The summed E-state index contributed by atoms with van der Waals surface area (Å²) < 4.78 is 0. The van der Waals surface area contributed by atoms with Crippen LogP contribution in [-0.2, 0) is 6.54 Å². The van der Waals surface area contributed by atoms with Gasteiger partial charge in [0.15, 0.2) is 5.96 Å². The molecule has 1 amide bonds. The van der Waals surface area contributed by atoms with Gasteiger partial charge in [0.2, 0.25) is 0 Å². The third-order valence-corrected chi connectivity index (χ3v) is 3.79. The summed E-state index contributed by atoms with van der Waals surface area (Å²) in [5, 5.41) is 6.64. The maximum absolute atomic E-state index is 11.9. The molecule has 6 heteroatoms. The molecule has 1 aromatic carbocycles. The molecule has 0 spiro atoms. The first-order chi connectivity index (χ1) is 11.4. The van der Waals surface area contributed by atoms with E-state index in [4.69, 9.17) is 0 Å². The Morgan fingerprint density at radius 3 is 2.28 bits per heavy atom. The summed E-state index contributed by atoms with van der Waals surface area (Å²) in [6.07, 6.45) is 3.66. The van der Waals surface area contributed by atoms with Crippen LogP contribution < -0.4 is 10.6 Å². The predicted octanol–water partition coefficient (Wildman–Crippen LogP) is 3.50. The van der Waals surface area contributed by atoms with Gasteiger partial charge in [-0.1, -0.05) is 38.8 Å². The number of hydrogen-bond acceptors (Lipinski definition) is 2. The van der Waals surface area contributed by atoms with Crippen molar-refractivity contribution in [3.05, 3.63) is 35.4 Å². The molecule has 0 fully saturated rings. The first-order valence-corrected chi connectivity index (χ1v) is 8.69. The number of carbonyl (C=O) groups excluding carboxylic acids is 1. The second-order valence-corrected chi connectivity index (χ2v) is 6.64. The number of nitrogens with one attached hydrogen (secondary N) is 2. The minimum Gasteiger partial charge on any atom is -0.356 e. The van der Waals surface area contributed by atoms with Crippen LogP contribution in [0.25, 0.3) is 0 Å². The largest absolute Gasteiger partial charge is 0.356 e. The molecule has 0 radical (unpaired) electrons. The average molecular weight is 460 g/mol. The molecule has 0 aliphatic heterocycles. The molecule has 0 atom stereocenters. The van der Waals surface area contributed by atoms with Crippen LogP contribution in [-0.4, -0.2) is 44.5 Å². The van der Waals surface area contributed by atoms with E-state index in [1.54, 1.807) is 26.0 Å². The van der Waals surface area contributed by atoms with E-state index in [2.05, 4.69) is 29.5 Å². The van der Waals surface area contributed by atoms with Gasteiger partial charge in [0.05, 0.1) is 0 Å². The molecule has 0 aliphatic carbocycles. The van der Waals surface area contributed by atoms with Gasteiger partial charge in [0.25, 0.3) is 5.91 Å². The van der Waals surface area contributed by atoms with Gasteiger partial charge in [-0.25, -0.2) is 0 Å². The van der Waals surface area contributed by atoms with E-state index in [-0.39, 0.29) is 29.9 Å². The van der Waals surface area contributed by atoms with Gasteiger partial charge in [-0.2, -0.15) is 0 Å². The van der Waals surface area contributed by atoms with E-state index >= 15 is 0 Å². The standard InChI is InChI=1S/C19H32N4O.HI/c1-15(2)8-6-7-13-21-19(20-3)22-14-16-9-11-17(12-10-16)18(24)23(4)5;/h9-12,15H,6-8,13-14H2,1-5H3,(H2,20,21,22);1H. The normalized spacial score (nSPS) is 11.0. The highest BCUT2D eigenvalue weighted by Gasteiger charge is 2.07. The molecule has 0 saturated heterocycles. The van der Waals surface area contributed by atoms with Crippen LogP contribution in [0.15, 0.2) is 29.3 Å². The van der Waals surface area contributed by atoms with Crippen molar-refractivity contribution in [2.24, 2.45) is 10.9 Å². The summed E-state index contributed by atoms with van der Waals surface area (Å²) in [5.74, 6) is 1.60. The van der Waals surface area contributed by atoms with Crippen molar-refractivity contribution < 1.29 is 4.79 Å².